The van der Waals surface area contributed by atoms with Crippen LogP contribution >= 0.6 is 0 Å². The number of rotatable bonds is 5. The molecule has 1 aliphatic heterocycles. The predicted molar refractivity (Wildman–Crippen MR) is 62.4 cm³/mol. The summed E-state index contributed by atoms with van der Waals surface area (Å²) in [5.74, 6) is 1.72. The van der Waals surface area contributed by atoms with Crippen molar-refractivity contribution in [3.8, 4) is 0 Å². The van der Waals surface area contributed by atoms with Gasteiger partial charge < -0.3 is 5.32 Å². The van der Waals surface area contributed by atoms with E-state index in [0.29, 0.717) is 6.04 Å². The molecule has 1 rings (SSSR count). The molecule has 0 radical (unpaired) electrons. The second-order valence-electron chi connectivity index (χ2n) is 4.70. The fraction of sp³-hybridized carbons (Fsp3) is 0.833. The minimum atomic E-state index is 0.655. The van der Waals surface area contributed by atoms with Crippen molar-refractivity contribution in [2.45, 2.75) is 26.8 Å². The Morgan fingerprint density at radius 2 is 2.00 bits per heavy atom. The highest BCUT2D eigenvalue weighted by Crippen LogP contribution is 2.23. The molecule has 1 aliphatic rings. The van der Waals surface area contributed by atoms with Gasteiger partial charge in [-0.1, -0.05) is 19.9 Å². The van der Waals surface area contributed by atoms with E-state index >= 15 is 0 Å². The standard InChI is InChI=1S/C12H24N2/c1-5-6-13-7-12(4)14-8-10(2)11(3)9-14/h5,10-13H,1,6-9H2,2-4H3. The van der Waals surface area contributed by atoms with E-state index in [1.54, 1.807) is 0 Å². The van der Waals surface area contributed by atoms with Gasteiger partial charge in [0.1, 0.15) is 0 Å². The Morgan fingerprint density at radius 1 is 1.43 bits per heavy atom. The van der Waals surface area contributed by atoms with Crippen LogP contribution in [0.15, 0.2) is 12.7 Å². The van der Waals surface area contributed by atoms with Gasteiger partial charge in [0.15, 0.2) is 0 Å². The maximum absolute atomic E-state index is 3.70. The summed E-state index contributed by atoms with van der Waals surface area (Å²) in [4.78, 5) is 2.59. The van der Waals surface area contributed by atoms with Crippen molar-refractivity contribution >= 4 is 0 Å². The lowest BCUT2D eigenvalue weighted by Gasteiger charge is -2.24. The van der Waals surface area contributed by atoms with Crippen molar-refractivity contribution < 1.29 is 0 Å². The van der Waals surface area contributed by atoms with E-state index in [2.05, 4.69) is 37.6 Å². The van der Waals surface area contributed by atoms with Crippen LogP contribution in [0.3, 0.4) is 0 Å². The molecule has 0 aliphatic carbocycles. The third-order valence-electron chi connectivity index (χ3n) is 3.37. The molecular weight excluding hydrogens is 172 g/mol. The second-order valence-corrected chi connectivity index (χ2v) is 4.70. The van der Waals surface area contributed by atoms with Gasteiger partial charge in [-0.2, -0.15) is 0 Å². The van der Waals surface area contributed by atoms with Gasteiger partial charge in [-0.3, -0.25) is 4.90 Å². The first-order valence-electron chi connectivity index (χ1n) is 5.70. The van der Waals surface area contributed by atoms with Crippen molar-refractivity contribution in [3.05, 3.63) is 12.7 Å². The highest BCUT2D eigenvalue weighted by Gasteiger charge is 2.28. The molecule has 0 aromatic carbocycles. The zero-order valence-corrected chi connectivity index (χ0v) is 9.79. The van der Waals surface area contributed by atoms with Gasteiger partial charge in [0.25, 0.3) is 0 Å². The Balaban J connectivity index is 2.24. The van der Waals surface area contributed by atoms with Gasteiger partial charge in [-0.05, 0) is 18.8 Å². The highest BCUT2D eigenvalue weighted by atomic mass is 15.2. The number of likely N-dealkylation sites (tertiary alicyclic amines) is 1. The van der Waals surface area contributed by atoms with Crippen LogP contribution in [0, 0.1) is 11.8 Å². The molecule has 0 amide bonds. The molecule has 0 aromatic heterocycles. The molecule has 0 saturated carbocycles. The lowest BCUT2D eigenvalue weighted by Crippen LogP contribution is -2.39. The minimum absolute atomic E-state index is 0.655. The van der Waals surface area contributed by atoms with E-state index in [9.17, 15) is 0 Å². The van der Waals surface area contributed by atoms with Crippen molar-refractivity contribution in [2.24, 2.45) is 11.8 Å². The number of nitrogens with zero attached hydrogens (tertiary/aromatic N) is 1. The molecule has 0 aromatic rings. The number of hydrogen-bond acceptors (Lipinski definition) is 2. The Bertz CT molecular complexity index is 169. The maximum atomic E-state index is 3.70. The van der Waals surface area contributed by atoms with E-state index in [0.717, 1.165) is 24.9 Å². The third kappa shape index (κ3) is 3.10. The van der Waals surface area contributed by atoms with Crippen LogP contribution < -0.4 is 5.32 Å². The number of nitrogens with one attached hydrogen (secondary N) is 1. The average molecular weight is 196 g/mol. The van der Waals surface area contributed by atoms with Crippen LogP contribution in [0.25, 0.3) is 0 Å². The van der Waals surface area contributed by atoms with Gasteiger partial charge in [0.05, 0.1) is 0 Å². The minimum Gasteiger partial charge on any atom is -0.312 e. The summed E-state index contributed by atoms with van der Waals surface area (Å²) in [5, 5.41) is 3.38. The van der Waals surface area contributed by atoms with E-state index in [1.807, 2.05) is 6.08 Å². The van der Waals surface area contributed by atoms with E-state index in [1.165, 1.54) is 13.1 Å². The molecular formula is C12H24N2. The molecule has 14 heavy (non-hydrogen) atoms. The summed E-state index contributed by atoms with van der Waals surface area (Å²) in [6, 6.07) is 0.655. The molecule has 1 fully saturated rings. The Labute approximate surface area is 88.4 Å². The molecule has 3 unspecified atom stereocenters. The second kappa shape index (κ2) is 5.52. The van der Waals surface area contributed by atoms with Crippen LogP contribution in [0.4, 0.5) is 0 Å². The molecule has 1 saturated heterocycles. The SMILES string of the molecule is C=CCNCC(C)N1CC(C)C(C)C1. The Hall–Kier alpha value is -0.340. The normalized spacial score (nSPS) is 30.5. The van der Waals surface area contributed by atoms with Crippen molar-refractivity contribution in [1.29, 1.82) is 0 Å². The molecule has 82 valence electrons. The van der Waals surface area contributed by atoms with Gasteiger partial charge in [0.2, 0.25) is 0 Å². The Kier molecular flexibility index (Phi) is 4.63. The topological polar surface area (TPSA) is 15.3 Å². The predicted octanol–water partition coefficient (Wildman–Crippen LogP) is 1.74. The van der Waals surface area contributed by atoms with E-state index in [4.69, 9.17) is 0 Å². The summed E-state index contributed by atoms with van der Waals surface area (Å²) in [5.41, 5.74) is 0. The first kappa shape index (κ1) is 11.7. The molecule has 2 heteroatoms. The highest BCUT2D eigenvalue weighted by molar-refractivity contribution is 4.83. The van der Waals surface area contributed by atoms with Crippen molar-refractivity contribution in [2.75, 3.05) is 26.2 Å². The smallest absolute Gasteiger partial charge is 0.0192 e. The zero-order valence-electron chi connectivity index (χ0n) is 9.79. The summed E-state index contributed by atoms with van der Waals surface area (Å²) >= 11 is 0. The molecule has 1 N–H and O–H groups in total. The summed E-state index contributed by atoms with van der Waals surface area (Å²) in [6.45, 7) is 15.2. The zero-order chi connectivity index (χ0) is 10.6. The van der Waals surface area contributed by atoms with Crippen molar-refractivity contribution in [1.82, 2.24) is 10.2 Å². The van der Waals surface area contributed by atoms with Crippen LogP contribution in [0.1, 0.15) is 20.8 Å². The van der Waals surface area contributed by atoms with Crippen LogP contribution in [-0.2, 0) is 0 Å². The first-order chi connectivity index (χ1) is 6.65. The molecule has 2 nitrogen and oxygen atoms in total. The fourth-order valence-electron chi connectivity index (χ4n) is 2.06. The first-order valence-corrected chi connectivity index (χ1v) is 5.70. The quantitative estimate of drug-likeness (QED) is 0.532. The largest absolute Gasteiger partial charge is 0.312 e. The van der Waals surface area contributed by atoms with Gasteiger partial charge in [-0.15, -0.1) is 6.58 Å². The lowest BCUT2D eigenvalue weighted by atomic mass is 10.0. The monoisotopic (exact) mass is 196 g/mol. The molecule has 0 spiro atoms. The van der Waals surface area contributed by atoms with E-state index < -0.39 is 0 Å². The van der Waals surface area contributed by atoms with E-state index in [-0.39, 0.29) is 0 Å². The molecule has 0 bridgehead atoms. The van der Waals surface area contributed by atoms with Gasteiger partial charge >= 0.3 is 0 Å². The molecule has 1 heterocycles. The molecule has 3 atom stereocenters. The maximum Gasteiger partial charge on any atom is 0.0192 e. The summed E-state index contributed by atoms with van der Waals surface area (Å²) in [6.07, 6.45) is 1.92. The van der Waals surface area contributed by atoms with Gasteiger partial charge in [-0.25, -0.2) is 0 Å². The van der Waals surface area contributed by atoms with Crippen LogP contribution in [-0.4, -0.2) is 37.1 Å². The van der Waals surface area contributed by atoms with Crippen LogP contribution in [0.2, 0.25) is 0 Å². The average Bonchev–Trinajstić information content (AvgIpc) is 2.47. The summed E-state index contributed by atoms with van der Waals surface area (Å²) < 4.78 is 0. The Morgan fingerprint density at radius 3 is 2.50 bits per heavy atom. The number of hydrogen-bond donors (Lipinski definition) is 1. The lowest BCUT2D eigenvalue weighted by molar-refractivity contribution is 0.243. The van der Waals surface area contributed by atoms with Crippen LogP contribution in [0.5, 0.6) is 0 Å². The van der Waals surface area contributed by atoms with Crippen molar-refractivity contribution in [3.63, 3.8) is 0 Å². The summed E-state index contributed by atoms with van der Waals surface area (Å²) in [7, 11) is 0. The third-order valence-corrected chi connectivity index (χ3v) is 3.37. The van der Waals surface area contributed by atoms with Gasteiger partial charge in [0, 0.05) is 32.2 Å². The fourth-order valence-corrected chi connectivity index (χ4v) is 2.06.